The number of anilines is 1. The number of hydrogen-bond acceptors (Lipinski definition) is 2. The summed E-state index contributed by atoms with van der Waals surface area (Å²) < 4.78 is 13.9. The summed E-state index contributed by atoms with van der Waals surface area (Å²) >= 11 is 0. The van der Waals surface area contributed by atoms with Crippen LogP contribution in [0.1, 0.15) is 56.2 Å². The third-order valence-electron chi connectivity index (χ3n) is 5.12. The van der Waals surface area contributed by atoms with E-state index >= 15 is 0 Å². The van der Waals surface area contributed by atoms with Gasteiger partial charge in [0.1, 0.15) is 5.82 Å². The molecule has 0 spiro atoms. The first-order valence-corrected chi connectivity index (χ1v) is 7.90. The molecule has 1 saturated carbocycles. The number of benzene rings is 1. The van der Waals surface area contributed by atoms with Gasteiger partial charge < -0.3 is 10.6 Å². The number of nitrogens with two attached hydrogens (primary N) is 1. The van der Waals surface area contributed by atoms with E-state index < -0.39 is 0 Å². The Morgan fingerprint density at radius 1 is 1.25 bits per heavy atom. The van der Waals surface area contributed by atoms with Gasteiger partial charge in [-0.1, -0.05) is 12.8 Å². The molecule has 3 atom stereocenters. The molecule has 2 fully saturated rings. The maximum absolute atomic E-state index is 13.9. The maximum atomic E-state index is 13.9. The zero-order chi connectivity index (χ0) is 14.3. The van der Waals surface area contributed by atoms with E-state index in [1.165, 1.54) is 37.8 Å². The fourth-order valence-corrected chi connectivity index (χ4v) is 4.00. The van der Waals surface area contributed by atoms with Crippen molar-refractivity contribution >= 4 is 5.69 Å². The largest absolute Gasteiger partial charge is 0.368 e. The van der Waals surface area contributed by atoms with Gasteiger partial charge in [0.2, 0.25) is 0 Å². The van der Waals surface area contributed by atoms with E-state index in [2.05, 4.69) is 4.90 Å². The van der Waals surface area contributed by atoms with Crippen molar-refractivity contribution in [1.82, 2.24) is 0 Å². The van der Waals surface area contributed by atoms with Gasteiger partial charge in [-0.05, 0) is 62.3 Å². The number of halogens is 1. The Labute approximate surface area is 121 Å². The highest BCUT2D eigenvalue weighted by atomic mass is 19.1. The standard InChI is InChI=1S/C17H25FN2/c1-11-9-17(14(12(2)19)10-15(11)18)20-8-7-13-5-3-4-6-16(13)20/h9-10,12-13,16H,3-8,19H2,1-2H3/t12-,13?,16?/m0/s1. The molecule has 1 heterocycles. The van der Waals surface area contributed by atoms with Gasteiger partial charge in [0.15, 0.2) is 0 Å². The van der Waals surface area contributed by atoms with Crippen molar-refractivity contribution in [2.24, 2.45) is 11.7 Å². The van der Waals surface area contributed by atoms with Crippen LogP contribution in [0.5, 0.6) is 0 Å². The van der Waals surface area contributed by atoms with Crippen molar-refractivity contribution in [3.63, 3.8) is 0 Å². The van der Waals surface area contributed by atoms with Gasteiger partial charge in [-0.15, -0.1) is 0 Å². The molecule has 2 unspecified atom stereocenters. The number of aryl methyl sites for hydroxylation is 1. The molecule has 3 rings (SSSR count). The SMILES string of the molecule is Cc1cc(N2CCC3CCCCC32)c([C@H](C)N)cc1F. The second-order valence-electron chi connectivity index (χ2n) is 6.54. The fraction of sp³-hybridized carbons (Fsp3) is 0.647. The summed E-state index contributed by atoms with van der Waals surface area (Å²) in [5, 5.41) is 0. The lowest BCUT2D eigenvalue weighted by molar-refractivity contribution is 0.342. The van der Waals surface area contributed by atoms with Crippen LogP contribution in [0.3, 0.4) is 0 Å². The lowest BCUT2D eigenvalue weighted by Gasteiger charge is -2.35. The number of nitrogens with zero attached hydrogens (tertiary/aromatic N) is 1. The van der Waals surface area contributed by atoms with Crippen LogP contribution < -0.4 is 10.6 Å². The maximum Gasteiger partial charge on any atom is 0.126 e. The van der Waals surface area contributed by atoms with Gasteiger partial charge in [0.05, 0.1) is 0 Å². The smallest absolute Gasteiger partial charge is 0.126 e. The molecule has 3 heteroatoms. The summed E-state index contributed by atoms with van der Waals surface area (Å²) in [7, 11) is 0. The van der Waals surface area contributed by atoms with Crippen molar-refractivity contribution in [1.29, 1.82) is 0 Å². The minimum atomic E-state index is -0.138. The second kappa shape index (κ2) is 5.36. The molecule has 2 nitrogen and oxygen atoms in total. The van der Waals surface area contributed by atoms with Gasteiger partial charge in [-0.3, -0.25) is 0 Å². The number of hydrogen-bond donors (Lipinski definition) is 1. The van der Waals surface area contributed by atoms with Gasteiger partial charge in [-0.25, -0.2) is 4.39 Å². The summed E-state index contributed by atoms with van der Waals surface area (Å²) in [5.41, 5.74) is 8.93. The van der Waals surface area contributed by atoms with Crippen LogP contribution in [0.4, 0.5) is 10.1 Å². The van der Waals surface area contributed by atoms with Crippen molar-refractivity contribution in [3.05, 3.63) is 29.1 Å². The molecule has 2 aliphatic rings. The first kappa shape index (κ1) is 13.9. The Bertz CT molecular complexity index is 498. The summed E-state index contributed by atoms with van der Waals surface area (Å²) in [5.74, 6) is 0.690. The van der Waals surface area contributed by atoms with Crippen LogP contribution in [-0.4, -0.2) is 12.6 Å². The molecule has 0 radical (unpaired) electrons. The van der Waals surface area contributed by atoms with E-state index in [0.717, 1.165) is 23.6 Å². The average molecular weight is 276 g/mol. The average Bonchev–Trinajstić information content (AvgIpc) is 2.85. The molecule has 2 N–H and O–H groups in total. The molecule has 0 amide bonds. The van der Waals surface area contributed by atoms with Crippen molar-refractivity contribution in [2.75, 3.05) is 11.4 Å². The highest BCUT2D eigenvalue weighted by Crippen LogP contribution is 2.41. The summed E-state index contributed by atoms with van der Waals surface area (Å²) in [6.07, 6.45) is 6.61. The Hall–Kier alpha value is -1.09. The monoisotopic (exact) mass is 276 g/mol. The Morgan fingerprint density at radius 3 is 2.75 bits per heavy atom. The first-order valence-electron chi connectivity index (χ1n) is 7.90. The Kier molecular flexibility index (Phi) is 3.72. The summed E-state index contributed by atoms with van der Waals surface area (Å²) in [4.78, 5) is 2.51. The van der Waals surface area contributed by atoms with Crippen molar-refractivity contribution in [2.45, 2.75) is 58.0 Å². The third kappa shape index (κ3) is 2.32. The van der Waals surface area contributed by atoms with E-state index in [0.29, 0.717) is 6.04 Å². The molecule has 1 aromatic carbocycles. The fourth-order valence-electron chi connectivity index (χ4n) is 4.00. The van der Waals surface area contributed by atoms with Crippen LogP contribution in [0, 0.1) is 18.7 Å². The molecule has 0 bridgehead atoms. The van der Waals surface area contributed by atoms with Gasteiger partial charge >= 0.3 is 0 Å². The molecular weight excluding hydrogens is 251 g/mol. The van der Waals surface area contributed by atoms with Crippen LogP contribution in [-0.2, 0) is 0 Å². The predicted octanol–water partition coefficient (Wildman–Crippen LogP) is 3.92. The number of fused-ring (bicyclic) bond motifs is 1. The Balaban J connectivity index is 1.98. The number of rotatable bonds is 2. The van der Waals surface area contributed by atoms with E-state index in [-0.39, 0.29) is 11.9 Å². The molecular formula is C17H25FN2. The lowest BCUT2D eigenvalue weighted by atomic mass is 9.85. The molecule has 0 aromatic heterocycles. The highest BCUT2D eigenvalue weighted by Gasteiger charge is 2.36. The van der Waals surface area contributed by atoms with Crippen molar-refractivity contribution in [3.8, 4) is 0 Å². The summed E-state index contributed by atoms with van der Waals surface area (Å²) in [6.45, 7) is 4.89. The van der Waals surface area contributed by atoms with E-state index in [9.17, 15) is 4.39 Å². The van der Waals surface area contributed by atoms with Crippen LogP contribution in [0.25, 0.3) is 0 Å². The normalized spacial score (nSPS) is 27.5. The Morgan fingerprint density at radius 2 is 2.00 bits per heavy atom. The minimum Gasteiger partial charge on any atom is -0.368 e. The molecule has 1 aliphatic carbocycles. The zero-order valence-corrected chi connectivity index (χ0v) is 12.5. The molecule has 20 heavy (non-hydrogen) atoms. The van der Waals surface area contributed by atoms with E-state index in [1.54, 1.807) is 6.07 Å². The van der Waals surface area contributed by atoms with Crippen molar-refractivity contribution < 1.29 is 4.39 Å². The summed E-state index contributed by atoms with van der Waals surface area (Å²) in [6, 6.07) is 4.17. The quantitative estimate of drug-likeness (QED) is 0.887. The molecule has 110 valence electrons. The van der Waals surface area contributed by atoms with E-state index in [4.69, 9.17) is 5.73 Å². The molecule has 1 aromatic rings. The predicted molar refractivity (Wildman–Crippen MR) is 81.4 cm³/mol. The minimum absolute atomic E-state index is 0.122. The van der Waals surface area contributed by atoms with Gasteiger partial charge in [-0.2, -0.15) is 0 Å². The molecule has 1 aliphatic heterocycles. The first-order chi connectivity index (χ1) is 9.58. The topological polar surface area (TPSA) is 29.3 Å². The van der Waals surface area contributed by atoms with Crippen LogP contribution >= 0.6 is 0 Å². The van der Waals surface area contributed by atoms with E-state index in [1.807, 2.05) is 19.9 Å². The second-order valence-corrected chi connectivity index (χ2v) is 6.54. The van der Waals surface area contributed by atoms with Gasteiger partial charge in [0.25, 0.3) is 0 Å². The van der Waals surface area contributed by atoms with Crippen LogP contribution in [0.15, 0.2) is 12.1 Å². The molecule has 1 saturated heterocycles. The lowest BCUT2D eigenvalue weighted by Crippen LogP contribution is -2.35. The van der Waals surface area contributed by atoms with Crippen LogP contribution in [0.2, 0.25) is 0 Å². The third-order valence-corrected chi connectivity index (χ3v) is 5.12. The zero-order valence-electron chi connectivity index (χ0n) is 12.5. The van der Waals surface area contributed by atoms with Gasteiger partial charge in [0, 0.05) is 24.3 Å². The highest BCUT2D eigenvalue weighted by molar-refractivity contribution is 5.58.